The highest BCUT2D eigenvalue weighted by Gasteiger charge is 2.85. The van der Waals surface area contributed by atoms with Crippen molar-refractivity contribution in [1.29, 1.82) is 0 Å². The van der Waals surface area contributed by atoms with Gasteiger partial charge in [-0.2, -0.15) is 0 Å². The number of hydrogen-bond acceptors (Lipinski definition) is 0. The van der Waals surface area contributed by atoms with E-state index in [1.165, 1.54) is 19.3 Å². The molecular weight excluding hydrogens is 132 g/mol. The minimum atomic E-state index is 0.812. The Bertz CT molecular complexity index is 178. The van der Waals surface area contributed by atoms with Crippen LogP contribution in [0.5, 0.6) is 0 Å². The van der Waals surface area contributed by atoms with Gasteiger partial charge >= 0.3 is 0 Å². The highest BCUT2D eigenvalue weighted by atomic mass is 14.9. The van der Waals surface area contributed by atoms with Crippen LogP contribution in [0.15, 0.2) is 0 Å². The largest absolute Gasteiger partial charge is 0.0648 e. The quantitative estimate of drug-likeness (QED) is 0.581. The lowest BCUT2D eigenvalue weighted by Gasteiger charge is -2.13. The van der Waals surface area contributed by atoms with Gasteiger partial charge in [-0.1, -0.05) is 27.7 Å². The summed E-state index contributed by atoms with van der Waals surface area (Å²) < 4.78 is 0. The van der Waals surface area contributed by atoms with Gasteiger partial charge in [-0.05, 0) is 41.9 Å². The lowest BCUT2D eigenvalue weighted by molar-refractivity contribution is 0.370. The fraction of sp³-hybridized carbons (Fsp3) is 1.00. The van der Waals surface area contributed by atoms with Gasteiger partial charge in [0, 0.05) is 0 Å². The fourth-order valence-electron chi connectivity index (χ4n) is 3.41. The molecule has 64 valence electrons. The molecule has 0 aromatic heterocycles. The molecule has 2 saturated carbocycles. The Morgan fingerprint density at radius 2 is 2.09 bits per heavy atom. The first-order valence-corrected chi connectivity index (χ1v) is 5.07. The molecule has 0 nitrogen and oxygen atoms in total. The number of fused-ring (bicyclic) bond motifs is 1. The Kier molecular flexibility index (Phi) is 1.28. The molecule has 2 aliphatic rings. The molecule has 0 heterocycles. The molecule has 0 saturated heterocycles. The Morgan fingerprint density at radius 1 is 1.45 bits per heavy atom. The van der Waals surface area contributed by atoms with E-state index < -0.39 is 0 Å². The van der Waals surface area contributed by atoms with E-state index in [-0.39, 0.29) is 0 Å². The summed E-state index contributed by atoms with van der Waals surface area (Å²) in [7, 11) is 0. The van der Waals surface area contributed by atoms with Gasteiger partial charge in [0.15, 0.2) is 0 Å². The Morgan fingerprint density at radius 3 is 2.36 bits per heavy atom. The summed E-state index contributed by atoms with van der Waals surface area (Å²) in [5.41, 5.74) is 1.66. The Hall–Kier alpha value is 0. The van der Waals surface area contributed by atoms with Crippen LogP contribution in [-0.2, 0) is 0 Å². The molecule has 0 spiro atoms. The van der Waals surface area contributed by atoms with Crippen LogP contribution in [-0.4, -0.2) is 0 Å². The second-order valence-electron chi connectivity index (χ2n) is 5.29. The van der Waals surface area contributed by atoms with E-state index in [4.69, 9.17) is 0 Å². The zero-order valence-electron chi connectivity index (χ0n) is 8.28. The predicted octanol–water partition coefficient (Wildman–Crippen LogP) is 3.47. The molecule has 0 N–H and O–H groups in total. The highest BCUT2D eigenvalue weighted by molar-refractivity contribution is 5.33. The lowest BCUT2D eigenvalue weighted by Crippen LogP contribution is -2.03. The van der Waals surface area contributed by atoms with E-state index in [1.807, 2.05) is 0 Å². The van der Waals surface area contributed by atoms with Crippen LogP contribution in [0.2, 0.25) is 0 Å². The van der Waals surface area contributed by atoms with Gasteiger partial charge in [0.1, 0.15) is 0 Å². The van der Waals surface area contributed by atoms with Gasteiger partial charge in [0.05, 0.1) is 0 Å². The second-order valence-corrected chi connectivity index (χ2v) is 5.29. The smallest absolute Gasteiger partial charge is 0.0204 e. The van der Waals surface area contributed by atoms with Crippen LogP contribution in [0.3, 0.4) is 0 Å². The highest BCUT2D eigenvalue weighted by Crippen LogP contribution is 2.92. The van der Waals surface area contributed by atoms with Crippen LogP contribution in [0.4, 0.5) is 0 Å². The molecule has 2 fully saturated rings. The monoisotopic (exact) mass is 152 g/mol. The third-order valence-corrected chi connectivity index (χ3v) is 4.39. The van der Waals surface area contributed by atoms with Crippen molar-refractivity contribution in [2.45, 2.75) is 47.0 Å². The third kappa shape index (κ3) is 0.711. The summed E-state index contributed by atoms with van der Waals surface area (Å²) in [6, 6.07) is 0. The zero-order valence-corrected chi connectivity index (χ0v) is 8.28. The number of rotatable bonds is 3. The van der Waals surface area contributed by atoms with E-state index in [0.717, 1.165) is 22.7 Å². The van der Waals surface area contributed by atoms with E-state index in [0.29, 0.717) is 0 Å². The molecule has 0 aromatic rings. The SMILES string of the molecule is CCC12CC1(C)C2CC(C)C. The van der Waals surface area contributed by atoms with Crippen LogP contribution >= 0.6 is 0 Å². The maximum atomic E-state index is 2.49. The maximum absolute atomic E-state index is 2.49. The van der Waals surface area contributed by atoms with Crippen molar-refractivity contribution in [3.05, 3.63) is 0 Å². The van der Waals surface area contributed by atoms with Crippen molar-refractivity contribution in [3.63, 3.8) is 0 Å². The van der Waals surface area contributed by atoms with Crippen LogP contribution in [0.1, 0.15) is 47.0 Å². The minimum absolute atomic E-state index is 0.812. The van der Waals surface area contributed by atoms with Crippen LogP contribution < -0.4 is 0 Å². The molecule has 0 aliphatic heterocycles. The molecule has 2 aliphatic carbocycles. The topological polar surface area (TPSA) is 0 Å². The molecular formula is C11H20. The summed E-state index contributed by atoms with van der Waals surface area (Å²) in [6.07, 6.45) is 4.44. The molecule has 0 bridgehead atoms. The number of hydrogen-bond donors (Lipinski definition) is 0. The van der Waals surface area contributed by atoms with E-state index in [1.54, 1.807) is 0 Å². The summed E-state index contributed by atoms with van der Waals surface area (Å²) in [6.45, 7) is 9.56. The summed E-state index contributed by atoms with van der Waals surface area (Å²) in [4.78, 5) is 0. The Balaban J connectivity index is 1.93. The first-order chi connectivity index (χ1) is 5.07. The van der Waals surface area contributed by atoms with Gasteiger partial charge in [-0.3, -0.25) is 0 Å². The van der Waals surface area contributed by atoms with E-state index in [9.17, 15) is 0 Å². The maximum Gasteiger partial charge on any atom is -0.0204 e. The molecule has 3 atom stereocenters. The van der Waals surface area contributed by atoms with Crippen LogP contribution in [0, 0.1) is 22.7 Å². The third-order valence-electron chi connectivity index (χ3n) is 4.39. The predicted molar refractivity (Wildman–Crippen MR) is 48.4 cm³/mol. The van der Waals surface area contributed by atoms with E-state index >= 15 is 0 Å². The lowest BCUT2D eigenvalue weighted by atomic mass is 9.92. The van der Waals surface area contributed by atoms with Gasteiger partial charge in [-0.15, -0.1) is 0 Å². The average molecular weight is 152 g/mol. The van der Waals surface area contributed by atoms with Crippen molar-refractivity contribution in [2.24, 2.45) is 22.7 Å². The molecule has 0 aromatic carbocycles. The molecule has 2 rings (SSSR count). The van der Waals surface area contributed by atoms with Crippen molar-refractivity contribution in [3.8, 4) is 0 Å². The van der Waals surface area contributed by atoms with Gasteiger partial charge < -0.3 is 0 Å². The fourth-order valence-corrected chi connectivity index (χ4v) is 3.41. The van der Waals surface area contributed by atoms with Crippen molar-refractivity contribution in [1.82, 2.24) is 0 Å². The molecule has 0 heteroatoms. The van der Waals surface area contributed by atoms with Gasteiger partial charge in [-0.25, -0.2) is 0 Å². The molecule has 3 unspecified atom stereocenters. The standard InChI is InChI=1S/C11H20/c1-5-11-7-10(11,4)9(11)6-8(2)3/h8-9H,5-7H2,1-4H3. The summed E-state index contributed by atoms with van der Waals surface area (Å²) in [5, 5.41) is 0. The van der Waals surface area contributed by atoms with Gasteiger partial charge in [0.25, 0.3) is 0 Å². The van der Waals surface area contributed by atoms with Crippen molar-refractivity contribution < 1.29 is 0 Å². The summed E-state index contributed by atoms with van der Waals surface area (Å²) in [5.74, 6) is 2.01. The molecule has 0 radical (unpaired) electrons. The zero-order chi connectivity index (χ0) is 8.28. The normalized spacial score (nSPS) is 52.6. The molecule has 11 heavy (non-hydrogen) atoms. The summed E-state index contributed by atoms with van der Waals surface area (Å²) >= 11 is 0. The average Bonchev–Trinajstić information content (AvgIpc) is 2.68. The first-order valence-electron chi connectivity index (χ1n) is 5.07. The van der Waals surface area contributed by atoms with Crippen molar-refractivity contribution in [2.75, 3.05) is 0 Å². The van der Waals surface area contributed by atoms with Crippen molar-refractivity contribution >= 4 is 0 Å². The Labute approximate surface area is 70.4 Å². The molecule has 0 amide bonds. The minimum Gasteiger partial charge on any atom is -0.0648 e. The van der Waals surface area contributed by atoms with Crippen LogP contribution in [0.25, 0.3) is 0 Å². The van der Waals surface area contributed by atoms with E-state index in [2.05, 4.69) is 27.7 Å². The van der Waals surface area contributed by atoms with Gasteiger partial charge in [0.2, 0.25) is 0 Å². The second kappa shape index (κ2) is 1.84. The first kappa shape index (κ1) is 7.64.